The Bertz CT molecular complexity index is 345. The molecule has 15 heavy (non-hydrogen) atoms. The fourth-order valence-corrected chi connectivity index (χ4v) is 1.65. The number of ether oxygens (including phenoxy) is 2. The Labute approximate surface area is 90.0 Å². The molecule has 3 nitrogen and oxygen atoms in total. The second-order valence-electron chi connectivity index (χ2n) is 3.29. The minimum absolute atomic E-state index is 0.516. The largest absolute Gasteiger partial charge is 0.496 e. The molecule has 1 rings (SSSR count). The molecule has 0 heterocycles. The third kappa shape index (κ3) is 2.49. The first kappa shape index (κ1) is 11.6. The quantitative estimate of drug-likeness (QED) is 0.695. The maximum absolute atomic E-state index is 10.3. The van der Waals surface area contributed by atoms with Crippen molar-refractivity contribution in [1.29, 1.82) is 0 Å². The predicted octanol–water partition coefficient (Wildman–Crippen LogP) is 2.14. The number of methoxy groups -OCH3 is 2. The Kier molecular flexibility index (Phi) is 4.16. The number of rotatable bonds is 5. The standard InChI is InChI=1S/C12H16O3/c1-9-11(14-2)7-6-10(5-4-8-13)12(9)15-3/h6-8H,4-5H2,1-3H3. The minimum Gasteiger partial charge on any atom is -0.496 e. The molecule has 1 aromatic carbocycles. The van der Waals surface area contributed by atoms with Crippen LogP contribution in [-0.4, -0.2) is 20.5 Å². The van der Waals surface area contributed by atoms with Crippen LogP contribution in [0, 0.1) is 6.92 Å². The van der Waals surface area contributed by atoms with Crippen LogP contribution in [0.15, 0.2) is 12.1 Å². The van der Waals surface area contributed by atoms with Gasteiger partial charge in [0.2, 0.25) is 0 Å². The molecule has 0 fully saturated rings. The summed E-state index contributed by atoms with van der Waals surface area (Å²) in [5, 5.41) is 0. The lowest BCUT2D eigenvalue weighted by Gasteiger charge is -2.13. The smallest absolute Gasteiger partial charge is 0.128 e. The molecule has 0 atom stereocenters. The van der Waals surface area contributed by atoms with Gasteiger partial charge in [-0.05, 0) is 25.0 Å². The highest BCUT2D eigenvalue weighted by atomic mass is 16.5. The molecule has 0 saturated carbocycles. The monoisotopic (exact) mass is 208 g/mol. The summed E-state index contributed by atoms with van der Waals surface area (Å²) in [5.74, 6) is 1.62. The van der Waals surface area contributed by atoms with Crippen molar-refractivity contribution < 1.29 is 14.3 Å². The molecule has 0 aliphatic heterocycles. The van der Waals surface area contributed by atoms with Crippen molar-refractivity contribution in [2.75, 3.05) is 14.2 Å². The molecule has 0 spiro atoms. The molecule has 0 saturated heterocycles. The van der Waals surface area contributed by atoms with E-state index in [0.29, 0.717) is 12.8 Å². The Morgan fingerprint density at radius 2 is 2.00 bits per heavy atom. The second-order valence-corrected chi connectivity index (χ2v) is 3.29. The topological polar surface area (TPSA) is 35.5 Å². The SMILES string of the molecule is COc1ccc(CCC=O)c(OC)c1C. The number of hydrogen-bond donors (Lipinski definition) is 0. The first-order chi connectivity index (χ1) is 7.24. The summed E-state index contributed by atoms with van der Waals surface area (Å²) in [7, 11) is 3.26. The summed E-state index contributed by atoms with van der Waals surface area (Å²) in [6.07, 6.45) is 2.14. The molecule has 82 valence electrons. The minimum atomic E-state index is 0.516. The first-order valence-electron chi connectivity index (χ1n) is 4.88. The van der Waals surface area contributed by atoms with Gasteiger partial charge in [-0.3, -0.25) is 0 Å². The molecule has 0 aliphatic carbocycles. The average molecular weight is 208 g/mol. The summed E-state index contributed by atoms with van der Waals surface area (Å²) in [5.41, 5.74) is 2.02. The van der Waals surface area contributed by atoms with Gasteiger partial charge in [0, 0.05) is 12.0 Å². The molecule has 1 aromatic rings. The van der Waals surface area contributed by atoms with Crippen LogP contribution in [0.3, 0.4) is 0 Å². The van der Waals surface area contributed by atoms with E-state index in [4.69, 9.17) is 9.47 Å². The van der Waals surface area contributed by atoms with Crippen LogP contribution < -0.4 is 9.47 Å². The van der Waals surface area contributed by atoms with Gasteiger partial charge in [0.05, 0.1) is 14.2 Å². The zero-order valence-electron chi connectivity index (χ0n) is 9.37. The van der Waals surface area contributed by atoms with Crippen molar-refractivity contribution in [3.8, 4) is 11.5 Å². The lowest BCUT2D eigenvalue weighted by Crippen LogP contribution is -1.98. The van der Waals surface area contributed by atoms with Crippen LogP contribution in [0.2, 0.25) is 0 Å². The van der Waals surface area contributed by atoms with Crippen LogP contribution in [0.4, 0.5) is 0 Å². The highest BCUT2D eigenvalue weighted by Crippen LogP contribution is 2.31. The maximum atomic E-state index is 10.3. The van der Waals surface area contributed by atoms with E-state index in [1.807, 2.05) is 19.1 Å². The highest BCUT2D eigenvalue weighted by Gasteiger charge is 2.10. The van der Waals surface area contributed by atoms with Crippen LogP contribution in [0.25, 0.3) is 0 Å². The van der Waals surface area contributed by atoms with E-state index in [1.54, 1.807) is 14.2 Å². The summed E-state index contributed by atoms with van der Waals surface area (Å²) in [6.45, 7) is 1.95. The maximum Gasteiger partial charge on any atom is 0.128 e. The van der Waals surface area contributed by atoms with Gasteiger partial charge in [0.15, 0.2) is 0 Å². The predicted molar refractivity (Wildman–Crippen MR) is 58.7 cm³/mol. The molecule has 0 aliphatic rings. The van der Waals surface area contributed by atoms with Crippen LogP contribution in [0.5, 0.6) is 11.5 Å². The fourth-order valence-electron chi connectivity index (χ4n) is 1.65. The van der Waals surface area contributed by atoms with Crippen molar-refractivity contribution in [2.24, 2.45) is 0 Å². The molecule has 3 heteroatoms. The Balaban J connectivity index is 3.06. The third-order valence-electron chi connectivity index (χ3n) is 2.39. The molecule has 0 unspecified atom stereocenters. The normalized spacial score (nSPS) is 9.80. The van der Waals surface area contributed by atoms with Gasteiger partial charge in [-0.25, -0.2) is 0 Å². The Hall–Kier alpha value is -1.51. The Morgan fingerprint density at radius 1 is 1.27 bits per heavy atom. The van der Waals surface area contributed by atoms with Gasteiger partial charge >= 0.3 is 0 Å². The van der Waals surface area contributed by atoms with E-state index in [0.717, 1.165) is 28.9 Å². The summed E-state index contributed by atoms with van der Waals surface area (Å²) >= 11 is 0. The number of carbonyl (C=O) groups is 1. The summed E-state index contributed by atoms with van der Waals surface area (Å²) in [4.78, 5) is 10.3. The number of aldehydes is 1. The van der Waals surface area contributed by atoms with E-state index in [9.17, 15) is 4.79 Å². The number of benzene rings is 1. The zero-order valence-corrected chi connectivity index (χ0v) is 9.37. The molecular formula is C12H16O3. The second kappa shape index (κ2) is 5.39. The van der Waals surface area contributed by atoms with E-state index in [1.165, 1.54) is 0 Å². The van der Waals surface area contributed by atoms with Crippen molar-refractivity contribution in [3.63, 3.8) is 0 Å². The third-order valence-corrected chi connectivity index (χ3v) is 2.39. The summed E-state index contributed by atoms with van der Waals surface area (Å²) in [6, 6.07) is 3.84. The average Bonchev–Trinajstić information content (AvgIpc) is 2.26. The van der Waals surface area contributed by atoms with E-state index >= 15 is 0 Å². The van der Waals surface area contributed by atoms with Gasteiger partial charge in [-0.1, -0.05) is 6.07 Å². The molecule has 0 amide bonds. The molecule has 0 N–H and O–H groups in total. The number of carbonyl (C=O) groups excluding carboxylic acids is 1. The number of hydrogen-bond acceptors (Lipinski definition) is 3. The summed E-state index contributed by atoms with van der Waals surface area (Å²) < 4.78 is 10.5. The fraction of sp³-hybridized carbons (Fsp3) is 0.417. The van der Waals surface area contributed by atoms with E-state index in [2.05, 4.69) is 0 Å². The van der Waals surface area contributed by atoms with Crippen molar-refractivity contribution >= 4 is 6.29 Å². The highest BCUT2D eigenvalue weighted by molar-refractivity contribution is 5.53. The molecular weight excluding hydrogens is 192 g/mol. The van der Waals surface area contributed by atoms with Crippen LogP contribution in [0.1, 0.15) is 17.5 Å². The van der Waals surface area contributed by atoms with Crippen molar-refractivity contribution in [1.82, 2.24) is 0 Å². The lowest BCUT2D eigenvalue weighted by molar-refractivity contribution is -0.107. The molecule has 0 aromatic heterocycles. The number of aryl methyl sites for hydroxylation is 1. The molecule has 0 radical (unpaired) electrons. The first-order valence-corrected chi connectivity index (χ1v) is 4.88. The van der Waals surface area contributed by atoms with Gasteiger partial charge in [0.25, 0.3) is 0 Å². The lowest BCUT2D eigenvalue weighted by atomic mass is 10.0. The van der Waals surface area contributed by atoms with Gasteiger partial charge < -0.3 is 14.3 Å². The van der Waals surface area contributed by atoms with Crippen LogP contribution >= 0.6 is 0 Å². The van der Waals surface area contributed by atoms with Gasteiger partial charge in [-0.2, -0.15) is 0 Å². The van der Waals surface area contributed by atoms with E-state index in [-0.39, 0.29) is 0 Å². The zero-order chi connectivity index (χ0) is 11.3. The van der Waals surface area contributed by atoms with Crippen LogP contribution in [-0.2, 0) is 11.2 Å². The van der Waals surface area contributed by atoms with Gasteiger partial charge in [0.1, 0.15) is 17.8 Å². The van der Waals surface area contributed by atoms with Gasteiger partial charge in [-0.15, -0.1) is 0 Å². The molecule has 0 bridgehead atoms. The Morgan fingerprint density at radius 3 is 2.53 bits per heavy atom. The van der Waals surface area contributed by atoms with Crippen molar-refractivity contribution in [2.45, 2.75) is 19.8 Å². The van der Waals surface area contributed by atoms with Crippen molar-refractivity contribution in [3.05, 3.63) is 23.3 Å². The van der Waals surface area contributed by atoms with E-state index < -0.39 is 0 Å².